The molecule has 0 N–H and O–H groups in total. The topological polar surface area (TPSA) is 37.9 Å². The summed E-state index contributed by atoms with van der Waals surface area (Å²) in [7, 11) is 0. The quantitative estimate of drug-likeness (QED) is 0.610. The molecule has 0 spiro atoms. The molecule has 0 atom stereocenters. The van der Waals surface area contributed by atoms with Crippen molar-refractivity contribution in [2.24, 2.45) is 10.2 Å². The molecule has 1 aromatic carbocycles. The van der Waals surface area contributed by atoms with Gasteiger partial charge in [0.15, 0.2) is 0 Å². The molecule has 1 heterocycles. The second-order valence-corrected chi connectivity index (χ2v) is 4.01. The van der Waals surface area contributed by atoms with Crippen LogP contribution in [-0.4, -0.2) is 12.4 Å². The molecule has 2 aromatic rings. The lowest BCUT2D eigenvalue weighted by Crippen LogP contribution is -1.82. The van der Waals surface area contributed by atoms with Gasteiger partial charge < -0.3 is 4.42 Å². The van der Waals surface area contributed by atoms with E-state index in [4.69, 9.17) is 27.6 Å². The van der Waals surface area contributed by atoms with Gasteiger partial charge in [-0.15, -0.1) is 0 Å². The van der Waals surface area contributed by atoms with Gasteiger partial charge in [0.1, 0.15) is 5.76 Å². The molecule has 0 saturated heterocycles. The van der Waals surface area contributed by atoms with Crippen LogP contribution in [-0.2, 0) is 0 Å². The minimum Gasteiger partial charge on any atom is -0.463 e. The zero-order chi connectivity index (χ0) is 12.1. The van der Waals surface area contributed by atoms with Crippen molar-refractivity contribution in [3.63, 3.8) is 0 Å². The van der Waals surface area contributed by atoms with E-state index >= 15 is 0 Å². The van der Waals surface area contributed by atoms with Crippen LogP contribution in [0, 0.1) is 0 Å². The van der Waals surface area contributed by atoms with Crippen LogP contribution >= 0.6 is 23.2 Å². The predicted octanol–water partition coefficient (Wildman–Crippen LogP) is 4.04. The maximum Gasteiger partial charge on any atom is 0.146 e. The number of furan rings is 1. The van der Waals surface area contributed by atoms with E-state index in [0.717, 1.165) is 5.56 Å². The molecule has 0 amide bonds. The summed E-state index contributed by atoms with van der Waals surface area (Å²) in [6, 6.07) is 8.73. The Morgan fingerprint density at radius 3 is 2.59 bits per heavy atom. The van der Waals surface area contributed by atoms with Gasteiger partial charge in [0.25, 0.3) is 0 Å². The number of nitrogens with zero attached hydrogens (tertiary/aromatic N) is 2. The van der Waals surface area contributed by atoms with Crippen molar-refractivity contribution in [1.82, 2.24) is 0 Å². The lowest BCUT2D eigenvalue weighted by molar-refractivity contribution is 0.560. The molecule has 0 saturated carbocycles. The third-order valence-corrected chi connectivity index (χ3v) is 2.52. The van der Waals surface area contributed by atoms with Gasteiger partial charge in [0.2, 0.25) is 0 Å². The first kappa shape index (κ1) is 11.9. The highest BCUT2D eigenvalue weighted by atomic mass is 35.5. The number of rotatable bonds is 3. The van der Waals surface area contributed by atoms with Crippen LogP contribution in [0.3, 0.4) is 0 Å². The van der Waals surface area contributed by atoms with Gasteiger partial charge in [0, 0.05) is 10.6 Å². The van der Waals surface area contributed by atoms with Crippen molar-refractivity contribution in [3.05, 3.63) is 58.0 Å². The first-order chi connectivity index (χ1) is 8.25. The average molecular weight is 267 g/mol. The van der Waals surface area contributed by atoms with Gasteiger partial charge in [-0.2, -0.15) is 10.2 Å². The molecule has 0 aliphatic heterocycles. The van der Waals surface area contributed by atoms with Crippen molar-refractivity contribution in [1.29, 1.82) is 0 Å². The largest absolute Gasteiger partial charge is 0.463 e. The molecule has 5 heteroatoms. The second-order valence-electron chi connectivity index (χ2n) is 3.17. The summed E-state index contributed by atoms with van der Waals surface area (Å²) in [6.45, 7) is 0. The van der Waals surface area contributed by atoms with E-state index in [1.54, 1.807) is 42.8 Å². The zero-order valence-corrected chi connectivity index (χ0v) is 10.2. The van der Waals surface area contributed by atoms with Gasteiger partial charge in [-0.3, -0.25) is 0 Å². The summed E-state index contributed by atoms with van der Waals surface area (Å²) in [4.78, 5) is 0. The minimum absolute atomic E-state index is 0.537. The Balaban J connectivity index is 2.05. The van der Waals surface area contributed by atoms with Gasteiger partial charge in [-0.05, 0) is 24.3 Å². The lowest BCUT2D eigenvalue weighted by Gasteiger charge is -1.96. The standard InChI is InChI=1S/C12H8Cl2N2O/c13-10-4-3-9(12(14)6-10)7-15-16-8-11-2-1-5-17-11/h1-8H/b15-7?,16-8+. The van der Waals surface area contributed by atoms with E-state index in [2.05, 4.69) is 10.2 Å². The third kappa shape index (κ3) is 3.44. The Morgan fingerprint density at radius 1 is 1.06 bits per heavy atom. The van der Waals surface area contributed by atoms with E-state index < -0.39 is 0 Å². The molecular formula is C12H8Cl2N2O. The Labute approximate surface area is 108 Å². The molecule has 3 nitrogen and oxygen atoms in total. The molecular weight excluding hydrogens is 259 g/mol. The maximum atomic E-state index is 5.96. The first-order valence-electron chi connectivity index (χ1n) is 4.80. The molecule has 0 aliphatic carbocycles. The van der Waals surface area contributed by atoms with Crippen LogP contribution in [0.2, 0.25) is 10.0 Å². The van der Waals surface area contributed by atoms with Crippen LogP contribution in [0.5, 0.6) is 0 Å². The van der Waals surface area contributed by atoms with Crippen LogP contribution in [0.4, 0.5) is 0 Å². The fraction of sp³-hybridized carbons (Fsp3) is 0. The monoisotopic (exact) mass is 266 g/mol. The summed E-state index contributed by atoms with van der Waals surface area (Å²) in [5.41, 5.74) is 0.757. The molecule has 86 valence electrons. The Hall–Kier alpha value is -1.58. The van der Waals surface area contributed by atoms with Crippen molar-refractivity contribution < 1.29 is 4.42 Å². The average Bonchev–Trinajstić information content (AvgIpc) is 2.79. The summed E-state index contributed by atoms with van der Waals surface area (Å²) in [5.74, 6) is 0.643. The van der Waals surface area contributed by atoms with E-state index in [1.165, 1.54) is 6.21 Å². The summed E-state index contributed by atoms with van der Waals surface area (Å²) in [6.07, 6.45) is 4.64. The highest BCUT2D eigenvalue weighted by molar-refractivity contribution is 6.36. The SMILES string of the molecule is Clc1ccc(C=N/N=C/c2ccco2)c(Cl)c1. The number of benzene rings is 1. The van der Waals surface area contributed by atoms with Gasteiger partial charge >= 0.3 is 0 Å². The van der Waals surface area contributed by atoms with Crippen LogP contribution in [0.25, 0.3) is 0 Å². The third-order valence-electron chi connectivity index (χ3n) is 1.95. The van der Waals surface area contributed by atoms with Crippen LogP contribution in [0.1, 0.15) is 11.3 Å². The number of hydrogen-bond acceptors (Lipinski definition) is 3. The van der Waals surface area contributed by atoms with Crippen LogP contribution in [0.15, 0.2) is 51.2 Å². The van der Waals surface area contributed by atoms with Crippen molar-refractivity contribution in [3.8, 4) is 0 Å². The summed E-state index contributed by atoms with van der Waals surface area (Å²) in [5, 5.41) is 8.82. The van der Waals surface area contributed by atoms with Gasteiger partial charge in [-0.1, -0.05) is 29.3 Å². The molecule has 0 unspecified atom stereocenters. The maximum absolute atomic E-state index is 5.96. The summed E-state index contributed by atoms with van der Waals surface area (Å²) >= 11 is 11.7. The van der Waals surface area contributed by atoms with Gasteiger partial charge in [-0.25, -0.2) is 0 Å². The Bertz CT molecular complexity index is 548. The normalized spacial score (nSPS) is 11.6. The molecule has 0 aliphatic rings. The van der Waals surface area contributed by atoms with Gasteiger partial charge in [0.05, 0.1) is 23.7 Å². The molecule has 0 bridgehead atoms. The van der Waals surface area contributed by atoms with Crippen molar-refractivity contribution in [2.45, 2.75) is 0 Å². The van der Waals surface area contributed by atoms with Crippen molar-refractivity contribution >= 4 is 35.6 Å². The molecule has 1 aromatic heterocycles. The predicted molar refractivity (Wildman–Crippen MR) is 70.4 cm³/mol. The van der Waals surface area contributed by atoms with E-state index in [9.17, 15) is 0 Å². The van der Waals surface area contributed by atoms with E-state index in [-0.39, 0.29) is 0 Å². The highest BCUT2D eigenvalue weighted by Gasteiger charge is 1.97. The van der Waals surface area contributed by atoms with Crippen molar-refractivity contribution in [2.75, 3.05) is 0 Å². The molecule has 0 fully saturated rings. The minimum atomic E-state index is 0.537. The fourth-order valence-corrected chi connectivity index (χ4v) is 1.61. The molecule has 17 heavy (non-hydrogen) atoms. The lowest BCUT2D eigenvalue weighted by atomic mass is 10.2. The smallest absolute Gasteiger partial charge is 0.146 e. The zero-order valence-electron chi connectivity index (χ0n) is 8.68. The fourth-order valence-electron chi connectivity index (χ4n) is 1.16. The summed E-state index contributed by atoms with van der Waals surface area (Å²) < 4.78 is 5.06. The first-order valence-corrected chi connectivity index (χ1v) is 5.56. The number of hydrogen-bond donors (Lipinski definition) is 0. The number of halogens is 2. The second kappa shape index (κ2) is 5.66. The Kier molecular flexibility index (Phi) is 3.96. The molecule has 2 rings (SSSR count). The molecule has 0 radical (unpaired) electrons. The van der Waals surface area contributed by atoms with Crippen LogP contribution < -0.4 is 0 Å². The van der Waals surface area contributed by atoms with E-state index in [0.29, 0.717) is 15.8 Å². The van der Waals surface area contributed by atoms with E-state index in [1.807, 2.05) is 0 Å². The Morgan fingerprint density at radius 2 is 1.88 bits per heavy atom. The highest BCUT2D eigenvalue weighted by Crippen LogP contribution is 2.19.